The van der Waals surface area contributed by atoms with E-state index in [0.29, 0.717) is 0 Å². The number of hydrogen-bond acceptors (Lipinski definition) is 3. The van der Waals surface area contributed by atoms with Crippen LogP contribution in [0.3, 0.4) is 0 Å². The molecule has 0 atom stereocenters. The molecule has 0 fully saturated rings. The maximum absolute atomic E-state index is 4.83. The van der Waals surface area contributed by atoms with Gasteiger partial charge in [-0.2, -0.15) is 5.10 Å². The molecule has 0 aliphatic carbocycles. The summed E-state index contributed by atoms with van der Waals surface area (Å²) in [5.41, 5.74) is 8.36. The van der Waals surface area contributed by atoms with Crippen LogP contribution in [-0.2, 0) is 0 Å². The van der Waals surface area contributed by atoms with E-state index in [1.165, 1.54) is 0 Å². The standard InChI is InChI=1S/C25H17N5/c1-2-5-17(6-3-1)23-9-8-20-21(15-27-25(20)29-23)18-10-12-30-24(13-18)22(16-28-30)19-7-4-11-26-14-19/h1-16H,(H,27,29). The van der Waals surface area contributed by atoms with Gasteiger partial charge in [0, 0.05) is 52.4 Å². The van der Waals surface area contributed by atoms with Crippen LogP contribution >= 0.6 is 0 Å². The van der Waals surface area contributed by atoms with Gasteiger partial charge >= 0.3 is 0 Å². The van der Waals surface area contributed by atoms with Gasteiger partial charge in [-0.05, 0) is 35.9 Å². The Morgan fingerprint density at radius 1 is 0.767 bits per heavy atom. The van der Waals surface area contributed by atoms with Crippen molar-refractivity contribution in [1.29, 1.82) is 0 Å². The van der Waals surface area contributed by atoms with E-state index in [1.54, 1.807) is 6.20 Å². The van der Waals surface area contributed by atoms with Crippen molar-refractivity contribution in [3.8, 4) is 33.5 Å². The van der Waals surface area contributed by atoms with E-state index in [-0.39, 0.29) is 0 Å². The molecule has 0 aliphatic heterocycles. The molecule has 142 valence electrons. The fourth-order valence-corrected chi connectivity index (χ4v) is 3.91. The van der Waals surface area contributed by atoms with Crippen molar-refractivity contribution in [2.24, 2.45) is 0 Å². The first kappa shape index (κ1) is 16.7. The van der Waals surface area contributed by atoms with Crippen LogP contribution in [-0.4, -0.2) is 24.6 Å². The fourth-order valence-electron chi connectivity index (χ4n) is 3.91. The van der Waals surface area contributed by atoms with Crippen molar-refractivity contribution < 1.29 is 0 Å². The van der Waals surface area contributed by atoms with Gasteiger partial charge in [0.05, 0.1) is 17.4 Å². The number of fused-ring (bicyclic) bond motifs is 2. The smallest absolute Gasteiger partial charge is 0.138 e. The van der Waals surface area contributed by atoms with Crippen LogP contribution < -0.4 is 0 Å². The van der Waals surface area contributed by atoms with Crippen molar-refractivity contribution in [2.75, 3.05) is 0 Å². The molecule has 0 saturated heterocycles. The Labute approximate surface area is 172 Å². The lowest BCUT2D eigenvalue weighted by molar-refractivity contribution is 0.962. The summed E-state index contributed by atoms with van der Waals surface area (Å²) in [4.78, 5) is 12.4. The summed E-state index contributed by atoms with van der Waals surface area (Å²) in [6, 6.07) is 22.7. The first-order valence-electron chi connectivity index (χ1n) is 9.78. The average Bonchev–Trinajstić information content (AvgIpc) is 3.43. The Bertz CT molecular complexity index is 1480. The number of benzene rings is 1. The topological polar surface area (TPSA) is 58.9 Å². The molecular formula is C25H17N5. The van der Waals surface area contributed by atoms with Gasteiger partial charge in [-0.1, -0.05) is 36.4 Å². The summed E-state index contributed by atoms with van der Waals surface area (Å²) in [6.07, 6.45) is 9.56. The van der Waals surface area contributed by atoms with Crippen LogP contribution in [0, 0.1) is 0 Å². The number of pyridine rings is 3. The molecule has 1 N–H and O–H groups in total. The van der Waals surface area contributed by atoms with E-state index in [2.05, 4.69) is 57.5 Å². The molecule has 5 heterocycles. The molecule has 6 rings (SSSR count). The van der Waals surface area contributed by atoms with Crippen LogP contribution in [0.5, 0.6) is 0 Å². The Hall–Kier alpha value is -4.25. The molecule has 0 radical (unpaired) electrons. The summed E-state index contributed by atoms with van der Waals surface area (Å²) >= 11 is 0. The first-order valence-corrected chi connectivity index (χ1v) is 9.78. The lowest BCUT2D eigenvalue weighted by atomic mass is 10.0. The third-order valence-electron chi connectivity index (χ3n) is 5.41. The summed E-state index contributed by atoms with van der Waals surface area (Å²) < 4.78 is 1.90. The summed E-state index contributed by atoms with van der Waals surface area (Å²) in [5, 5.41) is 5.59. The number of aromatic amines is 1. The monoisotopic (exact) mass is 387 g/mol. The van der Waals surface area contributed by atoms with Crippen LogP contribution in [0.15, 0.2) is 97.7 Å². The molecule has 0 saturated carbocycles. The van der Waals surface area contributed by atoms with Crippen molar-refractivity contribution in [3.63, 3.8) is 0 Å². The van der Waals surface area contributed by atoms with E-state index < -0.39 is 0 Å². The van der Waals surface area contributed by atoms with E-state index in [9.17, 15) is 0 Å². The van der Waals surface area contributed by atoms with Crippen LogP contribution in [0.1, 0.15) is 0 Å². The molecular weight excluding hydrogens is 370 g/mol. The summed E-state index contributed by atoms with van der Waals surface area (Å²) in [7, 11) is 0. The zero-order chi connectivity index (χ0) is 19.9. The fraction of sp³-hybridized carbons (Fsp3) is 0. The molecule has 0 bridgehead atoms. The van der Waals surface area contributed by atoms with Crippen LogP contribution in [0.25, 0.3) is 50.1 Å². The highest BCUT2D eigenvalue weighted by molar-refractivity contribution is 5.96. The molecule has 0 unspecified atom stereocenters. The van der Waals surface area contributed by atoms with Crippen molar-refractivity contribution >= 4 is 16.6 Å². The molecule has 0 aliphatic rings. The minimum Gasteiger partial charge on any atom is -0.345 e. The van der Waals surface area contributed by atoms with Gasteiger partial charge in [-0.15, -0.1) is 0 Å². The molecule has 5 heteroatoms. The predicted molar refractivity (Wildman–Crippen MR) is 119 cm³/mol. The van der Waals surface area contributed by atoms with E-state index in [1.807, 2.05) is 53.6 Å². The largest absolute Gasteiger partial charge is 0.345 e. The van der Waals surface area contributed by atoms with Gasteiger partial charge in [0.2, 0.25) is 0 Å². The second-order valence-corrected chi connectivity index (χ2v) is 7.21. The molecule has 0 spiro atoms. The second-order valence-electron chi connectivity index (χ2n) is 7.21. The normalized spacial score (nSPS) is 11.3. The highest BCUT2D eigenvalue weighted by atomic mass is 15.2. The van der Waals surface area contributed by atoms with Crippen LogP contribution in [0.4, 0.5) is 0 Å². The van der Waals surface area contributed by atoms with Gasteiger partial charge < -0.3 is 4.98 Å². The Kier molecular flexibility index (Phi) is 3.71. The van der Waals surface area contributed by atoms with Gasteiger partial charge in [0.15, 0.2) is 0 Å². The Balaban J connectivity index is 1.47. The number of nitrogens with zero attached hydrogens (tertiary/aromatic N) is 4. The van der Waals surface area contributed by atoms with Crippen molar-refractivity contribution in [2.45, 2.75) is 0 Å². The second kappa shape index (κ2) is 6.67. The number of hydrogen-bond donors (Lipinski definition) is 1. The molecule has 1 aromatic carbocycles. The minimum atomic E-state index is 0.882. The SMILES string of the molecule is c1ccc(-c2ccc3c(-c4ccn5ncc(-c6cccnc6)c5c4)c[nH]c3n2)cc1. The zero-order valence-corrected chi connectivity index (χ0v) is 16.0. The van der Waals surface area contributed by atoms with Gasteiger partial charge in [0.25, 0.3) is 0 Å². The molecule has 30 heavy (non-hydrogen) atoms. The predicted octanol–water partition coefficient (Wildman–Crippen LogP) is 5.61. The quantitative estimate of drug-likeness (QED) is 0.430. The van der Waals surface area contributed by atoms with Crippen molar-refractivity contribution in [3.05, 3.63) is 97.7 Å². The maximum Gasteiger partial charge on any atom is 0.138 e. The third kappa shape index (κ3) is 2.68. The van der Waals surface area contributed by atoms with E-state index >= 15 is 0 Å². The highest BCUT2D eigenvalue weighted by Crippen LogP contribution is 2.32. The molecule has 6 aromatic rings. The third-order valence-corrected chi connectivity index (χ3v) is 5.41. The lowest BCUT2D eigenvalue weighted by Gasteiger charge is -2.04. The number of rotatable bonds is 3. The molecule has 5 aromatic heterocycles. The Morgan fingerprint density at radius 2 is 1.67 bits per heavy atom. The number of nitrogens with one attached hydrogen (secondary N) is 1. The van der Waals surface area contributed by atoms with E-state index in [0.717, 1.165) is 50.1 Å². The van der Waals surface area contributed by atoms with Gasteiger partial charge in [0.1, 0.15) is 5.65 Å². The lowest BCUT2D eigenvalue weighted by Crippen LogP contribution is -1.88. The van der Waals surface area contributed by atoms with Crippen molar-refractivity contribution in [1.82, 2.24) is 24.6 Å². The Morgan fingerprint density at radius 3 is 2.53 bits per heavy atom. The summed E-state index contributed by atoms with van der Waals surface area (Å²) in [6.45, 7) is 0. The zero-order valence-electron chi connectivity index (χ0n) is 16.0. The first-order chi connectivity index (χ1) is 14.9. The molecule has 0 amide bonds. The minimum absolute atomic E-state index is 0.882. The van der Waals surface area contributed by atoms with Gasteiger partial charge in [-0.3, -0.25) is 4.98 Å². The summed E-state index contributed by atoms with van der Waals surface area (Å²) in [5.74, 6) is 0. The molecule has 5 nitrogen and oxygen atoms in total. The average molecular weight is 387 g/mol. The number of aromatic nitrogens is 5. The van der Waals surface area contributed by atoms with E-state index in [4.69, 9.17) is 4.98 Å². The maximum atomic E-state index is 4.83. The highest BCUT2D eigenvalue weighted by Gasteiger charge is 2.12. The van der Waals surface area contributed by atoms with Gasteiger partial charge in [-0.25, -0.2) is 9.50 Å². The number of H-pyrrole nitrogens is 1. The van der Waals surface area contributed by atoms with Crippen LogP contribution in [0.2, 0.25) is 0 Å².